The molecule has 0 atom stereocenters. The van der Waals surface area contributed by atoms with E-state index in [1.165, 1.54) is 30.5 Å². The van der Waals surface area contributed by atoms with E-state index in [0.29, 0.717) is 11.3 Å². The van der Waals surface area contributed by atoms with Crippen LogP contribution in [0.5, 0.6) is 5.75 Å². The summed E-state index contributed by atoms with van der Waals surface area (Å²) in [5.74, 6) is 0.178. The van der Waals surface area contributed by atoms with Crippen LogP contribution in [0.3, 0.4) is 0 Å². The Morgan fingerprint density at radius 2 is 1.91 bits per heavy atom. The zero-order valence-electron chi connectivity index (χ0n) is 11.7. The average Bonchev–Trinajstić information content (AvgIpc) is 2.55. The van der Waals surface area contributed by atoms with Crippen LogP contribution in [0.2, 0.25) is 0 Å². The lowest BCUT2D eigenvalue weighted by Crippen LogP contribution is -2.17. The van der Waals surface area contributed by atoms with Crippen LogP contribution >= 0.6 is 0 Å². The number of para-hydroxylation sites is 1. The summed E-state index contributed by atoms with van der Waals surface area (Å²) in [4.78, 5) is 21.9. The van der Waals surface area contributed by atoms with Crippen LogP contribution in [0.4, 0.5) is 5.69 Å². The Labute approximate surface area is 126 Å². The highest BCUT2D eigenvalue weighted by Gasteiger charge is 2.08. The van der Waals surface area contributed by atoms with E-state index in [1.54, 1.807) is 19.2 Å². The van der Waals surface area contributed by atoms with Crippen molar-refractivity contribution in [2.24, 2.45) is 5.10 Å². The van der Waals surface area contributed by atoms with E-state index < -0.39 is 10.8 Å². The van der Waals surface area contributed by atoms with Crippen LogP contribution in [0.25, 0.3) is 0 Å². The lowest BCUT2D eigenvalue weighted by molar-refractivity contribution is -0.384. The maximum Gasteiger partial charge on any atom is 0.271 e. The number of carbonyl (C=O) groups excluding carboxylic acids is 1. The predicted molar refractivity (Wildman–Crippen MR) is 81.2 cm³/mol. The second-order valence-corrected chi connectivity index (χ2v) is 4.25. The molecular weight excluding hydrogens is 286 g/mol. The molecule has 7 nitrogen and oxygen atoms in total. The number of hydrogen-bond donors (Lipinski definition) is 1. The fourth-order valence-electron chi connectivity index (χ4n) is 1.73. The molecule has 2 aromatic rings. The number of nitro benzene ring substituents is 1. The maximum absolute atomic E-state index is 11.8. The van der Waals surface area contributed by atoms with Crippen LogP contribution in [-0.2, 0) is 0 Å². The molecule has 112 valence electrons. The van der Waals surface area contributed by atoms with Crippen molar-refractivity contribution in [3.8, 4) is 5.75 Å². The van der Waals surface area contributed by atoms with Gasteiger partial charge in [0.25, 0.3) is 11.6 Å². The summed E-state index contributed by atoms with van der Waals surface area (Å²) in [5, 5.41) is 14.4. The fraction of sp³-hybridized carbons (Fsp3) is 0.0667. The first-order valence-electron chi connectivity index (χ1n) is 6.32. The van der Waals surface area contributed by atoms with Crippen LogP contribution in [0, 0.1) is 10.1 Å². The number of methoxy groups -OCH3 is 1. The van der Waals surface area contributed by atoms with Gasteiger partial charge in [-0.25, -0.2) is 5.43 Å². The Hall–Kier alpha value is -3.22. The van der Waals surface area contributed by atoms with E-state index in [-0.39, 0.29) is 11.3 Å². The first kappa shape index (κ1) is 15.2. The molecule has 0 fully saturated rings. The number of nitrogens with zero attached hydrogens (tertiary/aromatic N) is 2. The van der Waals surface area contributed by atoms with E-state index in [0.717, 1.165) is 0 Å². The van der Waals surface area contributed by atoms with Crippen molar-refractivity contribution in [3.63, 3.8) is 0 Å². The molecule has 0 bridgehead atoms. The standard InChI is InChI=1S/C15H13N3O4/c1-22-14-5-3-2-4-12(14)10-16-17-15(19)11-6-8-13(9-7-11)18(20)21/h2-10H,1H3,(H,17,19). The molecule has 0 saturated carbocycles. The van der Waals surface area contributed by atoms with Gasteiger partial charge in [0.2, 0.25) is 0 Å². The van der Waals surface area contributed by atoms with Crippen LogP contribution < -0.4 is 10.2 Å². The smallest absolute Gasteiger partial charge is 0.271 e. The van der Waals surface area contributed by atoms with Crippen molar-refractivity contribution in [2.75, 3.05) is 7.11 Å². The predicted octanol–water partition coefficient (Wildman–Crippen LogP) is 2.37. The molecule has 0 aliphatic heterocycles. The van der Waals surface area contributed by atoms with Gasteiger partial charge >= 0.3 is 0 Å². The monoisotopic (exact) mass is 299 g/mol. The minimum atomic E-state index is -0.526. The second-order valence-electron chi connectivity index (χ2n) is 4.25. The van der Waals surface area contributed by atoms with Crippen LogP contribution in [0.15, 0.2) is 53.6 Å². The lowest BCUT2D eigenvalue weighted by Gasteiger charge is -2.03. The Bertz CT molecular complexity index is 711. The molecule has 0 heterocycles. The molecule has 0 aliphatic rings. The third-order valence-electron chi connectivity index (χ3n) is 2.85. The van der Waals surface area contributed by atoms with Crippen LogP contribution in [-0.4, -0.2) is 24.2 Å². The number of hydrogen-bond acceptors (Lipinski definition) is 5. The van der Waals surface area contributed by atoms with E-state index >= 15 is 0 Å². The molecule has 1 amide bonds. The Balaban J connectivity index is 2.03. The summed E-state index contributed by atoms with van der Waals surface area (Å²) in [6, 6.07) is 12.5. The van der Waals surface area contributed by atoms with E-state index in [2.05, 4.69) is 10.5 Å². The molecule has 2 rings (SSSR count). The number of rotatable bonds is 5. The Morgan fingerprint density at radius 1 is 1.23 bits per heavy atom. The second kappa shape index (κ2) is 6.98. The summed E-state index contributed by atoms with van der Waals surface area (Å²) < 4.78 is 5.16. The number of hydrazone groups is 1. The largest absolute Gasteiger partial charge is 0.496 e. The highest BCUT2D eigenvalue weighted by Crippen LogP contribution is 2.14. The van der Waals surface area contributed by atoms with E-state index in [9.17, 15) is 14.9 Å². The fourth-order valence-corrected chi connectivity index (χ4v) is 1.73. The Kier molecular flexibility index (Phi) is 4.81. The maximum atomic E-state index is 11.8. The first-order chi connectivity index (χ1) is 10.6. The third kappa shape index (κ3) is 3.66. The molecule has 0 aliphatic carbocycles. The lowest BCUT2D eigenvalue weighted by atomic mass is 10.2. The van der Waals surface area contributed by atoms with E-state index in [1.807, 2.05) is 12.1 Å². The summed E-state index contributed by atoms with van der Waals surface area (Å²) in [6.45, 7) is 0. The van der Waals surface area contributed by atoms with Gasteiger partial charge < -0.3 is 4.74 Å². The van der Waals surface area contributed by atoms with Gasteiger partial charge in [0.15, 0.2) is 0 Å². The van der Waals surface area contributed by atoms with Gasteiger partial charge in [-0.3, -0.25) is 14.9 Å². The van der Waals surface area contributed by atoms with Gasteiger partial charge in [0.1, 0.15) is 5.75 Å². The average molecular weight is 299 g/mol. The molecule has 1 N–H and O–H groups in total. The highest BCUT2D eigenvalue weighted by molar-refractivity contribution is 5.95. The number of ether oxygens (including phenoxy) is 1. The summed E-state index contributed by atoms with van der Waals surface area (Å²) in [6.07, 6.45) is 1.46. The quantitative estimate of drug-likeness (QED) is 0.521. The van der Waals surface area contributed by atoms with E-state index in [4.69, 9.17) is 4.74 Å². The number of non-ortho nitro benzene ring substituents is 1. The molecule has 2 aromatic carbocycles. The normalized spacial score (nSPS) is 10.4. The summed E-state index contributed by atoms with van der Waals surface area (Å²) in [5.41, 5.74) is 3.27. The molecule has 0 spiro atoms. The SMILES string of the molecule is COc1ccccc1C=NNC(=O)c1ccc([N+](=O)[O-])cc1. The zero-order valence-corrected chi connectivity index (χ0v) is 11.7. The van der Waals surface area contributed by atoms with Crippen LogP contribution in [0.1, 0.15) is 15.9 Å². The molecule has 0 saturated heterocycles. The zero-order chi connectivity index (χ0) is 15.9. The molecule has 7 heteroatoms. The number of nitro groups is 1. The summed E-state index contributed by atoms with van der Waals surface area (Å²) in [7, 11) is 1.54. The Morgan fingerprint density at radius 3 is 2.55 bits per heavy atom. The number of amides is 1. The highest BCUT2D eigenvalue weighted by atomic mass is 16.6. The minimum Gasteiger partial charge on any atom is -0.496 e. The first-order valence-corrected chi connectivity index (χ1v) is 6.32. The molecule has 0 radical (unpaired) electrons. The van der Waals surface area contributed by atoms with Gasteiger partial charge in [-0.05, 0) is 24.3 Å². The van der Waals surface area contributed by atoms with Gasteiger partial charge in [-0.15, -0.1) is 0 Å². The minimum absolute atomic E-state index is 0.0749. The summed E-state index contributed by atoms with van der Waals surface area (Å²) >= 11 is 0. The number of nitrogens with one attached hydrogen (secondary N) is 1. The van der Waals surface area contributed by atoms with Crippen molar-refractivity contribution in [2.45, 2.75) is 0 Å². The topological polar surface area (TPSA) is 93.8 Å². The van der Waals surface area contributed by atoms with Gasteiger partial charge in [0, 0.05) is 23.3 Å². The molecule has 0 aromatic heterocycles. The molecular formula is C15H13N3O4. The van der Waals surface area contributed by atoms with Gasteiger partial charge in [-0.1, -0.05) is 12.1 Å². The molecule has 0 unspecified atom stereocenters. The van der Waals surface area contributed by atoms with Crippen molar-refractivity contribution < 1.29 is 14.5 Å². The molecule has 22 heavy (non-hydrogen) atoms. The van der Waals surface area contributed by atoms with Crippen molar-refractivity contribution in [3.05, 3.63) is 69.8 Å². The third-order valence-corrected chi connectivity index (χ3v) is 2.85. The number of carbonyl (C=O) groups is 1. The number of benzene rings is 2. The van der Waals surface area contributed by atoms with Gasteiger partial charge in [0.05, 0.1) is 18.2 Å². The van der Waals surface area contributed by atoms with Gasteiger partial charge in [-0.2, -0.15) is 5.10 Å². The van der Waals surface area contributed by atoms with Crippen molar-refractivity contribution in [1.82, 2.24) is 5.43 Å². The van der Waals surface area contributed by atoms with Crippen molar-refractivity contribution >= 4 is 17.8 Å². The van der Waals surface area contributed by atoms with Crippen molar-refractivity contribution in [1.29, 1.82) is 0 Å².